The van der Waals surface area contributed by atoms with Crippen LogP contribution >= 0.6 is 0 Å². The van der Waals surface area contributed by atoms with Gasteiger partial charge in [-0.1, -0.05) is 42.5 Å². The van der Waals surface area contributed by atoms with Crippen LogP contribution in [0.5, 0.6) is 0 Å². The quantitative estimate of drug-likeness (QED) is 0.816. The van der Waals surface area contributed by atoms with Crippen LogP contribution in [0, 0.1) is 6.92 Å². The third-order valence-corrected chi connectivity index (χ3v) is 7.40. The molecule has 2 aromatic carbocycles. The highest BCUT2D eigenvalue weighted by atomic mass is 32.2. The molecule has 0 bridgehead atoms. The van der Waals surface area contributed by atoms with Crippen molar-refractivity contribution in [2.24, 2.45) is 0 Å². The predicted octanol–water partition coefficient (Wildman–Crippen LogP) is 2.57. The maximum absolute atomic E-state index is 13.1. The molecule has 3 unspecified atom stereocenters. The summed E-state index contributed by atoms with van der Waals surface area (Å²) < 4.78 is 25.0. The molecule has 2 aromatic rings. The second-order valence-corrected chi connectivity index (χ2v) is 9.73. The molecule has 0 spiro atoms. The van der Waals surface area contributed by atoms with E-state index in [0.29, 0.717) is 0 Å². The van der Waals surface area contributed by atoms with Crippen LogP contribution in [0.25, 0.3) is 0 Å². The maximum Gasteiger partial charge on any atom is 0.241 e. The van der Waals surface area contributed by atoms with Gasteiger partial charge in [-0.15, -0.1) is 0 Å². The van der Waals surface area contributed by atoms with Gasteiger partial charge in [0.05, 0.1) is 24.1 Å². The van der Waals surface area contributed by atoms with E-state index in [1.807, 2.05) is 68.4 Å². The number of anilines is 1. The number of carbonyl (C=O) groups is 1. The van der Waals surface area contributed by atoms with Gasteiger partial charge in [-0.05, 0) is 37.1 Å². The number of nitrogens with zero attached hydrogens (tertiary/aromatic N) is 2. The Labute approximate surface area is 160 Å². The first-order valence-electron chi connectivity index (χ1n) is 9.25. The van der Waals surface area contributed by atoms with E-state index in [1.165, 1.54) is 0 Å². The Balaban J connectivity index is 1.72. The monoisotopic (exact) mass is 384 g/mol. The lowest BCUT2D eigenvalue weighted by atomic mass is 9.98. The molecule has 0 aromatic heterocycles. The van der Waals surface area contributed by atoms with Gasteiger partial charge in [0.15, 0.2) is 9.84 Å². The second-order valence-electron chi connectivity index (χ2n) is 7.57. The average Bonchev–Trinajstić information content (AvgIpc) is 2.95. The highest BCUT2D eigenvalue weighted by Gasteiger charge is 2.50. The summed E-state index contributed by atoms with van der Waals surface area (Å²) in [5.41, 5.74) is 2.94. The zero-order valence-electron chi connectivity index (χ0n) is 15.6. The lowest BCUT2D eigenvalue weighted by molar-refractivity contribution is -0.124. The molecule has 0 N–H and O–H groups in total. The molecule has 0 saturated carbocycles. The Morgan fingerprint density at radius 2 is 1.70 bits per heavy atom. The third-order valence-electron chi connectivity index (χ3n) is 5.70. The molecule has 2 aliphatic rings. The summed E-state index contributed by atoms with van der Waals surface area (Å²) in [5.74, 6) is 0.0847. The molecule has 0 radical (unpaired) electrons. The van der Waals surface area contributed by atoms with Gasteiger partial charge < -0.3 is 4.90 Å². The largest absolute Gasteiger partial charge is 0.306 e. The first-order valence-corrected chi connectivity index (χ1v) is 11.1. The van der Waals surface area contributed by atoms with Crippen molar-refractivity contribution in [3.63, 3.8) is 0 Å². The third kappa shape index (κ3) is 3.39. The molecule has 0 aliphatic carbocycles. The molecule has 2 heterocycles. The summed E-state index contributed by atoms with van der Waals surface area (Å²) >= 11 is 0. The van der Waals surface area contributed by atoms with E-state index in [0.717, 1.165) is 16.8 Å². The first-order chi connectivity index (χ1) is 12.9. The Hall–Kier alpha value is -2.18. The van der Waals surface area contributed by atoms with E-state index in [4.69, 9.17) is 0 Å². The van der Waals surface area contributed by atoms with Crippen LogP contribution in [0.4, 0.5) is 5.69 Å². The van der Waals surface area contributed by atoms with Crippen molar-refractivity contribution in [3.05, 3.63) is 65.7 Å². The van der Waals surface area contributed by atoms with Gasteiger partial charge in [0.2, 0.25) is 5.91 Å². The number of amides is 1. The fourth-order valence-corrected chi connectivity index (χ4v) is 6.33. The zero-order chi connectivity index (χ0) is 19.2. The molecule has 5 nitrogen and oxygen atoms in total. The minimum atomic E-state index is -3.19. The van der Waals surface area contributed by atoms with Crippen LogP contribution in [-0.2, 0) is 14.6 Å². The van der Waals surface area contributed by atoms with Crippen molar-refractivity contribution in [1.29, 1.82) is 0 Å². The molecule has 3 atom stereocenters. The zero-order valence-corrected chi connectivity index (χ0v) is 16.4. The van der Waals surface area contributed by atoms with Gasteiger partial charge in [0, 0.05) is 17.8 Å². The van der Waals surface area contributed by atoms with Gasteiger partial charge in [-0.2, -0.15) is 0 Å². The van der Waals surface area contributed by atoms with Gasteiger partial charge in [0.1, 0.15) is 0 Å². The van der Waals surface area contributed by atoms with Crippen molar-refractivity contribution in [1.82, 2.24) is 4.90 Å². The maximum atomic E-state index is 13.1. The Bertz CT molecular complexity index is 958. The number of benzene rings is 2. The van der Waals surface area contributed by atoms with Gasteiger partial charge in [0.25, 0.3) is 0 Å². The highest BCUT2D eigenvalue weighted by Crippen LogP contribution is 2.36. The summed E-state index contributed by atoms with van der Waals surface area (Å²) in [5, 5.41) is 0. The molecular formula is C21H24N2O3S. The number of fused-ring (bicyclic) bond motifs is 1. The van der Waals surface area contributed by atoms with Crippen LogP contribution in [0.2, 0.25) is 0 Å². The molecule has 4 rings (SSSR count). The van der Waals surface area contributed by atoms with E-state index in [9.17, 15) is 13.2 Å². The molecule has 142 valence electrons. The number of sulfone groups is 1. The smallest absolute Gasteiger partial charge is 0.241 e. The summed E-state index contributed by atoms with van der Waals surface area (Å²) in [7, 11) is -3.19. The molecule has 2 fully saturated rings. The molecule has 27 heavy (non-hydrogen) atoms. The molecular weight excluding hydrogens is 360 g/mol. The van der Waals surface area contributed by atoms with E-state index in [2.05, 4.69) is 4.90 Å². The van der Waals surface area contributed by atoms with E-state index >= 15 is 0 Å². The SMILES string of the molecule is Cc1cccc(N2C(=O)CN(C(C)c3ccccc3)C3CS(=O)(=O)CC32)c1. The first kappa shape index (κ1) is 18.2. The number of piperazine rings is 1. The van der Waals surface area contributed by atoms with Crippen LogP contribution in [0.1, 0.15) is 24.1 Å². The fraction of sp³-hybridized carbons (Fsp3) is 0.381. The summed E-state index contributed by atoms with van der Waals surface area (Å²) in [6.07, 6.45) is 0. The molecule has 1 amide bonds. The van der Waals surface area contributed by atoms with Crippen molar-refractivity contribution >= 4 is 21.4 Å². The van der Waals surface area contributed by atoms with Crippen LogP contribution < -0.4 is 4.90 Å². The Morgan fingerprint density at radius 3 is 2.41 bits per heavy atom. The minimum absolute atomic E-state index is 0.0180. The van der Waals surface area contributed by atoms with E-state index < -0.39 is 9.84 Å². The van der Waals surface area contributed by atoms with Crippen molar-refractivity contribution in [2.75, 3.05) is 23.0 Å². The predicted molar refractivity (Wildman–Crippen MR) is 106 cm³/mol. The molecule has 6 heteroatoms. The Morgan fingerprint density at radius 1 is 1.00 bits per heavy atom. The minimum Gasteiger partial charge on any atom is -0.306 e. The molecule has 2 saturated heterocycles. The topological polar surface area (TPSA) is 57.7 Å². The average molecular weight is 385 g/mol. The second kappa shape index (κ2) is 6.77. The summed E-state index contributed by atoms with van der Waals surface area (Å²) in [6, 6.07) is 17.1. The standard InChI is InChI=1S/C21H24N2O3S/c1-15-7-6-10-18(11-15)23-20-14-27(25,26)13-19(20)22(12-21(23)24)16(2)17-8-4-3-5-9-17/h3-11,16,19-20H,12-14H2,1-2H3. The van der Waals surface area contributed by atoms with Crippen molar-refractivity contribution in [2.45, 2.75) is 32.0 Å². The summed E-state index contributed by atoms with van der Waals surface area (Å²) in [4.78, 5) is 16.9. The lowest BCUT2D eigenvalue weighted by Gasteiger charge is -2.46. The van der Waals surface area contributed by atoms with Crippen molar-refractivity contribution in [3.8, 4) is 0 Å². The normalized spacial score (nSPS) is 26.0. The number of rotatable bonds is 3. The number of aryl methyl sites for hydroxylation is 1. The summed E-state index contributed by atoms with van der Waals surface area (Å²) in [6.45, 7) is 4.25. The number of hydrogen-bond donors (Lipinski definition) is 0. The van der Waals surface area contributed by atoms with Crippen LogP contribution in [0.3, 0.4) is 0 Å². The fourth-order valence-electron chi connectivity index (χ4n) is 4.37. The van der Waals surface area contributed by atoms with E-state index in [-0.39, 0.29) is 42.1 Å². The van der Waals surface area contributed by atoms with Crippen LogP contribution in [-0.4, -0.2) is 49.4 Å². The van der Waals surface area contributed by atoms with Crippen molar-refractivity contribution < 1.29 is 13.2 Å². The van der Waals surface area contributed by atoms with E-state index in [1.54, 1.807) is 4.90 Å². The molecule has 2 aliphatic heterocycles. The number of carbonyl (C=O) groups excluding carboxylic acids is 1. The highest BCUT2D eigenvalue weighted by molar-refractivity contribution is 7.91. The van der Waals surface area contributed by atoms with Crippen LogP contribution in [0.15, 0.2) is 54.6 Å². The van der Waals surface area contributed by atoms with Gasteiger partial charge in [-0.3, -0.25) is 9.69 Å². The number of hydrogen-bond acceptors (Lipinski definition) is 4. The lowest BCUT2D eigenvalue weighted by Crippen LogP contribution is -2.62. The Kier molecular flexibility index (Phi) is 4.56. The van der Waals surface area contributed by atoms with Gasteiger partial charge >= 0.3 is 0 Å². The van der Waals surface area contributed by atoms with Gasteiger partial charge in [-0.25, -0.2) is 8.42 Å².